The van der Waals surface area contributed by atoms with Crippen LogP contribution >= 0.6 is 0 Å². The Bertz CT molecular complexity index is 545. The highest BCUT2D eigenvalue weighted by Crippen LogP contribution is 2.17. The molecule has 1 aromatic carbocycles. The summed E-state index contributed by atoms with van der Waals surface area (Å²) in [5.74, 6) is -0.468. The molecular weight excluding hydrogens is 230 g/mol. The van der Waals surface area contributed by atoms with Crippen molar-refractivity contribution in [3.8, 4) is 0 Å². The summed E-state index contributed by atoms with van der Waals surface area (Å²) in [4.78, 5) is 10.7. The first-order valence-corrected chi connectivity index (χ1v) is 5.84. The lowest BCUT2D eigenvalue weighted by atomic mass is 10.1. The average molecular weight is 245 g/mol. The Morgan fingerprint density at radius 3 is 2.72 bits per heavy atom. The molecule has 0 aliphatic heterocycles. The lowest BCUT2D eigenvalue weighted by Gasteiger charge is -2.09. The first-order valence-electron chi connectivity index (χ1n) is 5.84. The molecule has 0 saturated carbocycles. The number of nitrogens with one attached hydrogen (secondary N) is 1. The van der Waals surface area contributed by atoms with Crippen molar-refractivity contribution in [2.75, 3.05) is 5.32 Å². The quantitative estimate of drug-likeness (QED) is 0.849. The van der Waals surface area contributed by atoms with Gasteiger partial charge in [0.25, 0.3) is 0 Å². The number of benzene rings is 1. The van der Waals surface area contributed by atoms with Gasteiger partial charge in [-0.3, -0.25) is 0 Å². The Hall–Kier alpha value is -2.23. The van der Waals surface area contributed by atoms with Crippen molar-refractivity contribution < 1.29 is 14.3 Å². The van der Waals surface area contributed by atoms with E-state index in [-0.39, 0.29) is 5.76 Å². The van der Waals surface area contributed by atoms with E-state index in [1.54, 1.807) is 6.07 Å². The average Bonchev–Trinajstić information content (AvgIpc) is 2.85. The van der Waals surface area contributed by atoms with Crippen molar-refractivity contribution in [3.63, 3.8) is 0 Å². The zero-order valence-corrected chi connectivity index (χ0v) is 10.1. The van der Waals surface area contributed by atoms with E-state index in [0.717, 1.165) is 12.1 Å². The standard InChI is InChI=1S/C14H15NO3/c1-2-10-5-3-4-6-12(10)15-9-11-7-8-13(18-11)14(16)17/h3-8,15H,2,9H2,1H3,(H,16,17). The van der Waals surface area contributed by atoms with Gasteiger partial charge in [0.1, 0.15) is 5.76 Å². The van der Waals surface area contributed by atoms with Crippen molar-refractivity contribution in [2.45, 2.75) is 19.9 Å². The summed E-state index contributed by atoms with van der Waals surface area (Å²) in [6.45, 7) is 2.57. The number of hydrogen-bond acceptors (Lipinski definition) is 3. The first-order chi connectivity index (χ1) is 8.70. The summed E-state index contributed by atoms with van der Waals surface area (Å²) in [6.07, 6.45) is 0.946. The number of carbonyl (C=O) groups is 1. The van der Waals surface area contributed by atoms with Gasteiger partial charge in [-0.25, -0.2) is 4.79 Å². The van der Waals surface area contributed by atoms with Crippen LogP contribution in [0.5, 0.6) is 0 Å². The normalized spacial score (nSPS) is 10.3. The zero-order chi connectivity index (χ0) is 13.0. The molecule has 4 heteroatoms. The summed E-state index contributed by atoms with van der Waals surface area (Å²) in [7, 11) is 0. The fourth-order valence-corrected chi connectivity index (χ4v) is 1.77. The Morgan fingerprint density at radius 2 is 2.06 bits per heavy atom. The van der Waals surface area contributed by atoms with E-state index in [9.17, 15) is 4.79 Å². The maximum absolute atomic E-state index is 10.7. The lowest BCUT2D eigenvalue weighted by Crippen LogP contribution is -2.01. The predicted octanol–water partition coefficient (Wildman–Crippen LogP) is 3.15. The molecule has 0 atom stereocenters. The second-order valence-corrected chi connectivity index (χ2v) is 3.94. The number of aryl methyl sites for hydroxylation is 1. The monoisotopic (exact) mass is 245 g/mol. The van der Waals surface area contributed by atoms with Crippen LogP contribution in [0.4, 0.5) is 5.69 Å². The summed E-state index contributed by atoms with van der Waals surface area (Å²) in [6, 6.07) is 11.2. The number of aromatic carboxylic acids is 1. The van der Waals surface area contributed by atoms with E-state index in [1.165, 1.54) is 11.6 Å². The second-order valence-electron chi connectivity index (χ2n) is 3.94. The Labute approximate surface area is 105 Å². The number of para-hydroxylation sites is 1. The fourth-order valence-electron chi connectivity index (χ4n) is 1.77. The minimum Gasteiger partial charge on any atom is -0.475 e. The molecule has 2 aromatic rings. The van der Waals surface area contributed by atoms with Gasteiger partial charge in [-0.1, -0.05) is 25.1 Å². The molecule has 2 rings (SSSR count). The summed E-state index contributed by atoms with van der Waals surface area (Å²) >= 11 is 0. The maximum Gasteiger partial charge on any atom is 0.371 e. The number of anilines is 1. The van der Waals surface area contributed by atoms with Gasteiger partial charge in [-0.15, -0.1) is 0 Å². The third-order valence-electron chi connectivity index (χ3n) is 2.72. The Morgan fingerprint density at radius 1 is 1.28 bits per heavy atom. The molecule has 0 aliphatic carbocycles. The van der Waals surface area contributed by atoms with E-state index in [4.69, 9.17) is 9.52 Å². The highest BCUT2D eigenvalue weighted by Gasteiger charge is 2.08. The molecule has 18 heavy (non-hydrogen) atoms. The third-order valence-corrected chi connectivity index (χ3v) is 2.72. The molecule has 0 unspecified atom stereocenters. The minimum atomic E-state index is -1.05. The minimum absolute atomic E-state index is 0.0319. The van der Waals surface area contributed by atoms with Crippen LogP contribution < -0.4 is 5.32 Å². The van der Waals surface area contributed by atoms with Crippen molar-refractivity contribution in [3.05, 3.63) is 53.5 Å². The molecule has 4 nitrogen and oxygen atoms in total. The molecule has 1 aromatic heterocycles. The van der Waals surface area contributed by atoms with Crippen LogP contribution in [0.15, 0.2) is 40.8 Å². The van der Waals surface area contributed by atoms with Crippen molar-refractivity contribution in [1.29, 1.82) is 0 Å². The smallest absolute Gasteiger partial charge is 0.371 e. The second kappa shape index (κ2) is 5.40. The van der Waals surface area contributed by atoms with Crippen LogP contribution in [0.3, 0.4) is 0 Å². The van der Waals surface area contributed by atoms with Crippen LogP contribution in [0.1, 0.15) is 28.8 Å². The van der Waals surface area contributed by atoms with Gasteiger partial charge in [-0.05, 0) is 30.2 Å². The van der Waals surface area contributed by atoms with Crippen LogP contribution in [-0.4, -0.2) is 11.1 Å². The summed E-state index contributed by atoms with van der Waals surface area (Å²) in [5.41, 5.74) is 2.27. The topological polar surface area (TPSA) is 62.5 Å². The van der Waals surface area contributed by atoms with Gasteiger partial charge >= 0.3 is 5.97 Å². The van der Waals surface area contributed by atoms with Crippen molar-refractivity contribution in [1.82, 2.24) is 0 Å². The molecule has 0 fully saturated rings. The highest BCUT2D eigenvalue weighted by molar-refractivity contribution is 5.84. The zero-order valence-electron chi connectivity index (χ0n) is 10.1. The number of furan rings is 1. The highest BCUT2D eigenvalue weighted by atomic mass is 16.4. The predicted molar refractivity (Wildman–Crippen MR) is 68.8 cm³/mol. The van der Waals surface area contributed by atoms with Crippen LogP contribution in [0, 0.1) is 0 Å². The Kier molecular flexibility index (Phi) is 3.67. The van der Waals surface area contributed by atoms with Crippen molar-refractivity contribution >= 4 is 11.7 Å². The van der Waals surface area contributed by atoms with E-state index >= 15 is 0 Å². The summed E-state index contributed by atoms with van der Waals surface area (Å²) < 4.78 is 5.18. The molecule has 2 N–H and O–H groups in total. The van der Waals surface area contributed by atoms with Gasteiger partial charge < -0.3 is 14.8 Å². The lowest BCUT2D eigenvalue weighted by molar-refractivity contribution is 0.0660. The van der Waals surface area contributed by atoms with Gasteiger partial charge in [0, 0.05) is 5.69 Å². The Balaban J connectivity index is 2.04. The number of carboxylic acid groups (broad SMARTS) is 1. The molecule has 0 bridgehead atoms. The van der Waals surface area contributed by atoms with E-state index in [0.29, 0.717) is 12.3 Å². The molecule has 0 spiro atoms. The van der Waals surface area contributed by atoms with E-state index in [2.05, 4.69) is 18.3 Å². The number of hydrogen-bond donors (Lipinski definition) is 2. The maximum atomic E-state index is 10.7. The number of carboxylic acids is 1. The molecule has 0 radical (unpaired) electrons. The largest absolute Gasteiger partial charge is 0.475 e. The fraction of sp³-hybridized carbons (Fsp3) is 0.214. The van der Waals surface area contributed by atoms with Crippen LogP contribution in [0.25, 0.3) is 0 Å². The van der Waals surface area contributed by atoms with Crippen molar-refractivity contribution in [2.24, 2.45) is 0 Å². The van der Waals surface area contributed by atoms with Gasteiger partial charge in [0.05, 0.1) is 6.54 Å². The third kappa shape index (κ3) is 2.71. The molecule has 1 heterocycles. The van der Waals surface area contributed by atoms with Crippen LogP contribution in [-0.2, 0) is 13.0 Å². The first kappa shape index (κ1) is 12.2. The molecule has 0 aliphatic rings. The van der Waals surface area contributed by atoms with Gasteiger partial charge in [0.15, 0.2) is 0 Å². The van der Waals surface area contributed by atoms with Gasteiger partial charge in [-0.2, -0.15) is 0 Å². The molecular formula is C14H15NO3. The summed E-state index contributed by atoms with van der Waals surface area (Å²) in [5, 5.41) is 12.0. The SMILES string of the molecule is CCc1ccccc1NCc1ccc(C(=O)O)o1. The van der Waals surface area contributed by atoms with E-state index in [1.807, 2.05) is 18.2 Å². The van der Waals surface area contributed by atoms with E-state index < -0.39 is 5.97 Å². The molecule has 94 valence electrons. The number of rotatable bonds is 5. The molecule has 0 saturated heterocycles. The molecule has 0 amide bonds. The van der Waals surface area contributed by atoms with Crippen LogP contribution in [0.2, 0.25) is 0 Å². The van der Waals surface area contributed by atoms with Gasteiger partial charge in [0.2, 0.25) is 5.76 Å².